The van der Waals surface area contributed by atoms with E-state index in [2.05, 4.69) is 198 Å². The van der Waals surface area contributed by atoms with E-state index in [4.69, 9.17) is 0 Å². The van der Waals surface area contributed by atoms with Crippen molar-refractivity contribution in [3.05, 3.63) is 199 Å². The van der Waals surface area contributed by atoms with E-state index in [0.29, 0.717) is 0 Å². The van der Waals surface area contributed by atoms with Gasteiger partial charge < -0.3 is 9.80 Å². The van der Waals surface area contributed by atoms with Crippen molar-refractivity contribution in [2.45, 2.75) is 13.8 Å². The SMILES string of the molecule is Cc1cccc(C)c1N1CN(c2ccc(-c3cccc(-c4cccc(-c5ccccc5-c5cccc(-c6ccccn6)c5)c4)c3)cc2)c2ccccc21. The van der Waals surface area contributed by atoms with Crippen LogP contribution in [0.1, 0.15) is 11.1 Å². The van der Waals surface area contributed by atoms with Gasteiger partial charge in [0.15, 0.2) is 0 Å². The van der Waals surface area contributed by atoms with Gasteiger partial charge in [0.2, 0.25) is 0 Å². The highest BCUT2D eigenvalue weighted by Crippen LogP contribution is 2.46. The molecular formula is C50H39N3. The second-order valence-corrected chi connectivity index (χ2v) is 13.8. The molecule has 0 unspecified atom stereocenters. The van der Waals surface area contributed by atoms with Crippen molar-refractivity contribution in [3.8, 4) is 55.8 Å². The van der Waals surface area contributed by atoms with E-state index in [1.807, 2.05) is 18.3 Å². The molecule has 0 saturated heterocycles. The van der Waals surface area contributed by atoms with Crippen molar-refractivity contribution in [1.82, 2.24) is 4.98 Å². The van der Waals surface area contributed by atoms with Crippen molar-refractivity contribution in [3.63, 3.8) is 0 Å². The number of aromatic nitrogens is 1. The molecule has 1 aliphatic rings. The van der Waals surface area contributed by atoms with Gasteiger partial charge in [0.1, 0.15) is 6.67 Å². The Hall–Kier alpha value is -6.71. The Kier molecular flexibility index (Phi) is 8.38. The van der Waals surface area contributed by atoms with Gasteiger partial charge in [-0.1, -0.05) is 127 Å². The Morgan fingerprint density at radius 1 is 0.396 bits per heavy atom. The third-order valence-electron chi connectivity index (χ3n) is 10.4. The van der Waals surface area contributed by atoms with E-state index < -0.39 is 0 Å². The highest BCUT2D eigenvalue weighted by atomic mass is 15.4. The zero-order valence-electron chi connectivity index (χ0n) is 29.9. The molecule has 0 fully saturated rings. The zero-order chi connectivity index (χ0) is 35.7. The number of hydrogen-bond acceptors (Lipinski definition) is 3. The summed E-state index contributed by atoms with van der Waals surface area (Å²) in [6.45, 7) is 5.18. The summed E-state index contributed by atoms with van der Waals surface area (Å²) in [6, 6.07) is 65.5. The van der Waals surface area contributed by atoms with E-state index in [-0.39, 0.29) is 0 Å². The van der Waals surface area contributed by atoms with Crippen LogP contribution in [0.15, 0.2) is 188 Å². The molecule has 1 aromatic heterocycles. The van der Waals surface area contributed by atoms with Crippen molar-refractivity contribution >= 4 is 22.7 Å². The maximum absolute atomic E-state index is 4.58. The van der Waals surface area contributed by atoms with E-state index in [0.717, 1.165) is 17.9 Å². The topological polar surface area (TPSA) is 19.4 Å². The Balaban J connectivity index is 0.998. The normalized spacial score (nSPS) is 12.2. The summed E-state index contributed by atoms with van der Waals surface area (Å²) >= 11 is 0. The lowest BCUT2D eigenvalue weighted by Gasteiger charge is -2.25. The van der Waals surface area contributed by atoms with Gasteiger partial charge in [-0.2, -0.15) is 0 Å². The lowest BCUT2D eigenvalue weighted by molar-refractivity contribution is 0.980. The highest BCUT2D eigenvalue weighted by molar-refractivity contribution is 5.89. The molecule has 0 atom stereocenters. The molecule has 2 heterocycles. The fourth-order valence-corrected chi connectivity index (χ4v) is 7.80. The van der Waals surface area contributed by atoms with E-state index in [1.54, 1.807) is 0 Å². The fourth-order valence-electron chi connectivity index (χ4n) is 7.80. The van der Waals surface area contributed by atoms with Crippen LogP contribution < -0.4 is 9.80 Å². The van der Waals surface area contributed by atoms with Crippen LogP contribution >= 0.6 is 0 Å². The number of anilines is 4. The summed E-state index contributed by atoms with van der Waals surface area (Å²) in [4.78, 5) is 9.45. The lowest BCUT2D eigenvalue weighted by atomic mass is 9.91. The average Bonchev–Trinajstić information content (AvgIpc) is 3.60. The van der Waals surface area contributed by atoms with Crippen molar-refractivity contribution in [2.24, 2.45) is 0 Å². The van der Waals surface area contributed by atoms with Gasteiger partial charge in [-0.15, -0.1) is 0 Å². The van der Waals surface area contributed by atoms with Crippen LogP contribution in [0.5, 0.6) is 0 Å². The molecule has 0 saturated carbocycles. The Morgan fingerprint density at radius 2 is 0.887 bits per heavy atom. The number of nitrogens with zero attached hydrogens (tertiary/aromatic N) is 3. The van der Waals surface area contributed by atoms with Crippen LogP contribution in [0.25, 0.3) is 55.8 Å². The highest BCUT2D eigenvalue weighted by Gasteiger charge is 2.29. The summed E-state index contributed by atoms with van der Waals surface area (Å²) in [5.74, 6) is 0. The summed E-state index contributed by atoms with van der Waals surface area (Å²) in [5, 5.41) is 0. The Labute approximate surface area is 312 Å². The molecular weight excluding hydrogens is 643 g/mol. The number of para-hydroxylation sites is 3. The third-order valence-corrected chi connectivity index (χ3v) is 10.4. The van der Waals surface area contributed by atoms with Gasteiger partial charge in [-0.25, -0.2) is 0 Å². The van der Waals surface area contributed by atoms with Crippen LogP contribution in [0.4, 0.5) is 22.7 Å². The molecule has 0 N–H and O–H groups in total. The average molecular weight is 682 g/mol. The predicted molar refractivity (Wildman–Crippen MR) is 223 cm³/mol. The standard InChI is InChI=1S/C50H39N3/c1-35-13-9-14-36(2)50(35)53-34-52(48-24-5-6-25-49(48)53)44-28-26-37(27-29-44)38-15-10-16-39(31-38)40-17-11-18-41(32-40)45-21-3-4-22-46(45)42-19-12-20-43(33-42)47-23-7-8-30-51-47/h3-33H,34H2,1-2H3. The molecule has 254 valence electrons. The molecule has 9 rings (SSSR count). The predicted octanol–water partition coefficient (Wildman–Crippen LogP) is 13.3. The van der Waals surface area contributed by atoms with Gasteiger partial charge in [0.05, 0.1) is 17.1 Å². The minimum Gasteiger partial charge on any atom is -0.321 e. The molecule has 0 aliphatic carbocycles. The molecule has 3 nitrogen and oxygen atoms in total. The van der Waals surface area contributed by atoms with Gasteiger partial charge >= 0.3 is 0 Å². The summed E-state index contributed by atoms with van der Waals surface area (Å²) < 4.78 is 0. The molecule has 0 radical (unpaired) electrons. The van der Waals surface area contributed by atoms with Gasteiger partial charge in [0, 0.05) is 23.1 Å². The quantitative estimate of drug-likeness (QED) is 0.167. The number of pyridine rings is 1. The first-order valence-corrected chi connectivity index (χ1v) is 18.2. The Bertz CT molecular complexity index is 2550. The molecule has 7 aromatic carbocycles. The van der Waals surface area contributed by atoms with Crippen LogP contribution in [0.3, 0.4) is 0 Å². The van der Waals surface area contributed by atoms with Crippen LogP contribution in [0.2, 0.25) is 0 Å². The minimum absolute atomic E-state index is 0.773. The van der Waals surface area contributed by atoms with Gasteiger partial charge in [0.25, 0.3) is 0 Å². The van der Waals surface area contributed by atoms with Crippen LogP contribution in [0, 0.1) is 13.8 Å². The maximum Gasteiger partial charge on any atom is 0.100 e. The second kappa shape index (κ2) is 13.8. The van der Waals surface area contributed by atoms with E-state index in [1.165, 1.54) is 78.4 Å². The first-order valence-electron chi connectivity index (χ1n) is 18.2. The largest absolute Gasteiger partial charge is 0.321 e. The molecule has 1 aliphatic heterocycles. The number of fused-ring (bicyclic) bond motifs is 1. The number of aryl methyl sites for hydroxylation is 2. The third kappa shape index (κ3) is 6.17. The number of rotatable bonds is 7. The summed E-state index contributed by atoms with van der Waals surface area (Å²) in [7, 11) is 0. The van der Waals surface area contributed by atoms with Crippen LogP contribution in [-0.2, 0) is 0 Å². The molecule has 53 heavy (non-hydrogen) atoms. The number of benzene rings is 7. The molecule has 0 bridgehead atoms. The lowest BCUT2D eigenvalue weighted by Crippen LogP contribution is -2.25. The smallest absolute Gasteiger partial charge is 0.100 e. The second-order valence-electron chi connectivity index (χ2n) is 13.8. The molecule has 8 aromatic rings. The molecule has 3 heteroatoms. The summed E-state index contributed by atoms with van der Waals surface area (Å²) in [5.41, 5.74) is 19.2. The fraction of sp³-hybridized carbons (Fsp3) is 0.0600. The van der Waals surface area contributed by atoms with Gasteiger partial charge in [-0.05, 0) is 124 Å². The van der Waals surface area contributed by atoms with E-state index >= 15 is 0 Å². The monoisotopic (exact) mass is 681 g/mol. The zero-order valence-corrected chi connectivity index (χ0v) is 29.9. The Morgan fingerprint density at radius 3 is 1.51 bits per heavy atom. The number of hydrogen-bond donors (Lipinski definition) is 0. The van der Waals surface area contributed by atoms with Crippen molar-refractivity contribution in [1.29, 1.82) is 0 Å². The van der Waals surface area contributed by atoms with Crippen molar-refractivity contribution < 1.29 is 0 Å². The summed E-state index contributed by atoms with van der Waals surface area (Å²) in [6.07, 6.45) is 1.85. The first-order chi connectivity index (χ1) is 26.1. The van der Waals surface area contributed by atoms with Crippen molar-refractivity contribution in [2.75, 3.05) is 16.5 Å². The van der Waals surface area contributed by atoms with Gasteiger partial charge in [-0.3, -0.25) is 4.98 Å². The van der Waals surface area contributed by atoms with Crippen LogP contribution in [-0.4, -0.2) is 11.7 Å². The molecule has 0 spiro atoms. The van der Waals surface area contributed by atoms with E-state index in [9.17, 15) is 0 Å². The molecule has 0 amide bonds. The minimum atomic E-state index is 0.773. The first kappa shape index (κ1) is 32.2. The maximum atomic E-state index is 4.58.